The minimum absolute atomic E-state index is 0.0522. The van der Waals surface area contributed by atoms with Crippen molar-refractivity contribution in [3.8, 4) is 0 Å². The number of carbonyl (C=O) groups is 1. The van der Waals surface area contributed by atoms with E-state index in [0.29, 0.717) is 11.8 Å². The van der Waals surface area contributed by atoms with Crippen LogP contribution in [0.5, 0.6) is 0 Å². The standard InChI is InChI=1S/C14H26N2O/c1-4-10(2)13-14(17)16(11(3)15-13)9-8-12-6-5-7-12/h10-13,15H,4-9H2,1-3H3. The van der Waals surface area contributed by atoms with Crippen molar-refractivity contribution in [2.75, 3.05) is 6.54 Å². The van der Waals surface area contributed by atoms with Crippen LogP contribution in [0.4, 0.5) is 0 Å². The Morgan fingerprint density at radius 1 is 1.47 bits per heavy atom. The van der Waals surface area contributed by atoms with Gasteiger partial charge >= 0.3 is 0 Å². The SMILES string of the molecule is CCC(C)C1NC(C)N(CCC2CCC2)C1=O. The molecule has 1 aliphatic heterocycles. The van der Waals surface area contributed by atoms with Gasteiger partial charge in [0.1, 0.15) is 0 Å². The third kappa shape index (κ3) is 2.65. The van der Waals surface area contributed by atoms with Crippen LogP contribution in [0.25, 0.3) is 0 Å². The van der Waals surface area contributed by atoms with E-state index in [-0.39, 0.29) is 12.2 Å². The van der Waals surface area contributed by atoms with Crippen LogP contribution in [-0.2, 0) is 4.79 Å². The minimum Gasteiger partial charge on any atom is -0.326 e. The maximum absolute atomic E-state index is 12.3. The predicted molar refractivity (Wildman–Crippen MR) is 69.5 cm³/mol. The van der Waals surface area contributed by atoms with E-state index in [4.69, 9.17) is 0 Å². The summed E-state index contributed by atoms with van der Waals surface area (Å²) in [6, 6.07) is 0.0522. The van der Waals surface area contributed by atoms with Gasteiger partial charge in [0.15, 0.2) is 0 Å². The first kappa shape index (κ1) is 12.9. The Labute approximate surface area is 105 Å². The van der Waals surface area contributed by atoms with Crippen LogP contribution in [-0.4, -0.2) is 29.6 Å². The number of nitrogens with one attached hydrogen (secondary N) is 1. The van der Waals surface area contributed by atoms with Gasteiger partial charge in [0, 0.05) is 6.54 Å². The third-order valence-corrected chi connectivity index (χ3v) is 4.65. The Morgan fingerprint density at radius 2 is 2.18 bits per heavy atom. The highest BCUT2D eigenvalue weighted by Gasteiger charge is 2.38. The zero-order chi connectivity index (χ0) is 12.4. The van der Waals surface area contributed by atoms with Gasteiger partial charge in [-0.15, -0.1) is 0 Å². The van der Waals surface area contributed by atoms with E-state index >= 15 is 0 Å². The molecule has 0 bridgehead atoms. The van der Waals surface area contributed by atoms with Crippen LogP contribution < -0.4 is 5.32 Å². The number of amides is 1. The molecule has 0 aromatic carbocycles. The van der Waals surface area contributed by atoms with E-state index in [0.717, 1.165) is 18.9 Å². The summed E-state index contributed by atoms with van der Waals surface area (Å²) in [7, 11) is 0. The summed E-state index contributed by atoms with van der Waals surface area (Å²) in [5.74, 6) is 1.66. The molecule has 1 heterocycles. The molecule has 3 unspecified atom stereocenters. The second kappa shape index (κ2) is 5.38. The molecule has 3 heteroatoms. The van der Waals surface area contributed by atoms with E-state index < -0.39 is 0 Å². The second-order valence-corrected chi connectivity index (χ2v) is 5.82. The largest absolute Gasteiger partial charge is 0.326 e. The molecule has 1 amide bonds. The summed E-state index contributed by atoms with van der Waals surface area (Å²) in [6.07, 6.45) is 6.62. The molecule has 0 spiro atoms. The first-order chi connectivity index (χ1) is 8.13. The van der Waals surface area contributed by atoms with Gasteiger partial charge in [-0.05, 0) is 25.2 Å². The Kier molecular flexibility index (Phi) is 4.08. The maximum Gasteiger partial charge on any atom is 0.241 e. The van der Waals surface area contributed by atoms with Gasteiger partial charge in [-0.2, -0.15) is 0 Å². The van der Waals surface area contributed by atoms with Crippen molar-refractivity contribution in [1.82, 2.24) is 10.2 Å². The van der Waals surface area contributed by atoms with Crippen molar-refractivity contribution in [2.24, 2.45) is 11.8 Å². The monoisotopic (exact) mass is 238 g/mol. The van der Waals surface area contributed by atoms with Crippen molar-refractivity contribution >= 4 is 5.91 Å². The zero-order valence-corrected chi connectivity index (χ0v) is 11.4. The lowest BCUT2D eigenvalue weighted by atomic mass is 9.83. The first-order valence-corrected chi connectivity index (χ1v) is 7.20. The van der Waals surface area contributed by atoms with Crippen molar-refractivity contribution in [2.45, 2.75) is 65.1 Å². The molecule has 1 saturated heterocycles. The molecule has 2 rings (SSSR count). The molecule has 3 atom stereocenters. The number of hydrogen-bond donors (Lipinski definition) is 1. The fourth-order valence-corrected chi connectivity index (χ4v) is 2.84. The molecule has 17 heavy (non-hydrogen) atoms. The van der Waals surface area contributed by atoms with Gasteiger partial charge in [-0.1, -0.05) is 39.5 Å². The fraction of sp³-hybridized carbons (Fsp3) is 0.929. The van der Waals surface area contributed by atoms with Crippen molar-refractivity contribution in [1.29, 1.82) is 0 Å². The van der Waals surface area contributed by atoms with Gasteiger partial charge < -0.3 is 4.90 Å². The third-order valence-electron chi connectivity index (χ3n) is 4.65. The molecule has 98 valence electrons. The molecule has 2 fully saturated rings. The molecular formula is C14H26N2O. The normalized spacial score (nSPS) is 31.7. The molecule has 0 aromatic heterocycles. The molecule has 0 aromatic rings. The van der Waals surface area contributed by atoms with Crippen LogP contribution in [0.2, 0.25) is 0 Å². The quantitative estimate of drug-likeness (QED) is 0.797. The smallest absolute Gasteiger partial charge is 0.241 e. The van der Waals surface area contributed by atoms with E-state index in [1.807, 2.05) is 0 Å². The highest BCUT2D eigenvalue weighted by molar-refractivity contribution is 5.84. The lowest BCUT2D eigenvalue weighted by Crippen LogP contribution is -2.36. The molecule has 3 nitrogen and oxygen atoms in total. The summed E-state index contributed by atoms with van der Waals surface area (Å²) in [5.41, 5.74) is 0. The van der Waals surface area contributed by atoms with E-state index in [2.05, 4.69) is 31.0 Å². The number of carbonyl (C=O) groups excluding carboxylic acids is 1. The fourth-order valence-electron chi connectivity index (χ4n) is 2.84. The summed E-state index contributed by atoms with van der Waals surface area (Å²) in [4.78, 5) is 14.3. The Morgan fingerprint density at radius 3 is 2.71 bits per heavy atom. The van der Waals surface area contributed by atoms with Crippen LogP contribution in [0.1, 0.15) is 52.9 Å². The topological polar surface area (TPSA) is 32.3 Å². The Hall–Kier alpha value is -0.570. The van der Waals surface area contributed by atoms with Crippen LogP contribution >= 0.6 is 0 Å². The Bertz CT molecular complexity index is 275. The summed E-state index contributed by atoms with van der Waals surface area (Å²) in [5, 5.41) is 3.44. The molecule has 1 saturated carbocycles. The molecule has 0 radical (unpaired) electrons. The van der Waals surface area contributed by atoms with E-state index in [9.17, 15) is 4.79 Å². The Balaban J connectivity index is 1.86. The van der Waals surface area contributed by atoms with E-state index in [1.165, 1.54) is 25.7 Å². The van der Waals surface area contributed by atoms with Crippen molar-refractivity contribution in [3.63, 3.8) is 0 Å². The van der Waals surface area contributed by atoms with Gasteiger partial charge in [0.25, 0.3) is 0 Å². The van der Waals surface area contributed by atoms with Crippen molar-refractivity contribution in [3.05, 3.63) is 0 Å². The lowest BCUT2D eigenvalue weighted by Gasteiger charge is -2.29. The average molecular weight is 238 g/mol. The first-order valence-electron chi connectivity index (χ1n) is 7.20. The number of hydrogen-bond acceptors (Lipinski definition) is 2. The average Bonchev–Trinajstić information content (AvgIpc) is 2.53. The van der Waals surface area contributed by atoms with Gasteiger partial charge in [-0.25, -0.2) is 0 Å². The highest BCUT2D eigenvalue weighted by atomic mass is 16.2. The number of rotatable bonds is 5. The van der Waals surface area contributed by atoms with Crippen LogP contribution in [0, 0.1) is 11.8 Å². The molecule has 2 aliphatic rings. The highest BCUT2D eigenvalue weighted by Crippen LogP contribution is 2.30. The molecule has 1 N–H and O–H groups in total. The summed E-state index contributed by atoms with van der Waals surface area (Å²) in [6.45, 7) is 7.38. The van der Waals surface area contributed by atoms with Crippen LogP contribution in [0.15, 0.2) is 0 Å². The maximum atomic E-state index is 12.3. The zero-order valence-electron chi connectivity index (χ0n) is 11.4. The molecule has 1 aliphatic carbocycles. The number of nitrogens with zero attached hydrogens (tertiary/aromatic N) is 1. The predicted octanol–water partition coefficient (Wildman–Crippen LogP) is 2.37. The van der Waals surface area contributed by atoms with Crippen molar-refractivity contribution < 1.29 is 4.79 Å². The minimum atomic E-state index is 0.0522. The van der Waals surface area contributed by atoms with Crippen LogP contribution in [0.3, 0.4) is 0 Å². The lowest BCUT2D eigenvalue weighted by molar-refractivity contribution is -0.130. The summed E-state index contributed by atoms with van der Waals surface area (Å²) < 4.78 is 0. The molecular weight excluding hydrogens is 212 g/mol. The van der Waals surface area contributed by atoms with Gasteiger partial charge in [0.05, 0.1) is 12.2 Å². The van der Waals surface area contributed by atoms with Gasteiger partial charge in [-0.3, -0.25) is 10.1 Å². The van der Waals surface area contributed by atoms with Gasteiger partial charge in [0.2, 0.25) is 5.91 Å². The second-order valence-electron chi connectivity index (χ2n) is 5.82. The van der Waals surface area contributed by atoms with E-state index in [1.54, 1.807) is 0 Å². The summed E-state index contributed by atoms with van der Waals surface area (Å²) >= 11 is 0.